The number of hydrogen-bond donors (Lipinski definition) is 0. The Kier molecular flexibility index (Phi) is 3.16. The summed E-state index contributed by atoms with van der Waals surface area (Å²) in [7, 11) is 0. The van der Waals surface area contributed by atoms with Gasteiger partial charge in [-0.3, -0.25) is 0 Å². The van der Waals surface area contributed by atoms with Crippen LogP contribution in [0.1, 0.15) is 42.5 Å². The minimum absolute atomic E-state index is 1.06. The van der Waals surface area contributed by atoms with Gasteiger partial charge >= 0.3 is 0 Å². The van der Waals surface area contributed by atoms with Gasteiger partial charge in [0, 0.05) is 0 Å². The molecule has 0 bridgehead atoms. The Labute approximate surface area is 138 Å². The van der Waals surface area contributed by atoms with E-state index in [9.17, 15) is 0 Å². The zero-order chi connectivity index (χ0) is 16.1. The highest BCUT2D eigenvalue weighted by molar-refractivity contribution is 6.13. The van der Waals surface area contributed by atoms with Gasteiger partial charge in [-0.2, -0.15) is 0 Å². The predicted molar refractivity (Wildman–Crippen MR) is 102 cm³/mol. The van der Waals surface area contributed by atoms with E-state index >= 15 is 0 Å². The molecule has 23 heavy (non-hydrogen) atoms. The predicted octanol–water partition coefficient (Wildman–Crippen LogP) is 6.78. The molecule has 0 heteroatoms. The molecule has 0 aromatic heterocycles. The Morgan fingerprint density at radius 3 is 2.17 bits per heavy atom. The summed E-state index contributed by atoms with van der Waals surface area (Å²) in [6.45, 7) is 9.03. The summed E-state index contributed by atoms with van der Waals surface area (Å²) in [5, 5.41) is 2.82. The molecule has 0 aliphatic heterocycles. The van der Waals surface area contributed by atoms with E-state index in [1.54, 1.807) is 0 Å². The van der Waals surface area contributed by atoms with Gasteiger partial charge in [0.25, 0.3) is 0 Å². The van der Waals surface area contributed by atoms with E-state index in [0.717, 1.165) is 6.42 Å². The lowest BCUT2D eigenvalue weighted by Gasteiger charge is -2.15. The van der Waals surface area contributed by atoms with E-state index in [2.05, 4.69) is 76.2 Å². The Balaban J connectivity index is 2.31. The monoisotopic (exact) mass is 298 g/mol. The van der Waals surface area contributed by atoms with E-state index in [4.69, 9.17) is 0 Å². The van der Waals surface area contributed by atoms with Gasteiger partial charge < -0.3 is 0 Å². The third-order valence-electron chi connectivity index (χ3n) is 5.44. The van der Waals surface area contributed by atoms with Crippen LogP contribution in [0.4, 0.5) is 0 Å². The van der Waals surface area contributed by atoms with Crippen molar-refractivity contribution in [2.24, 2.45) is 0 Å². The molecule has 1 aliphatic rings. The third kappa shape index (κ3) is 1.91. The van der Waals surface area contributed by atoms with E-state index in [1.165, 1.54) is 55.3 Å². The first kappa shape index (κ1) is 14.3. The zero-order valence-electron chi connectivity index (χ0n) is 14.3. The Hall–Kier alpha value is -2.34. The SMILES string of the molecule is CCC1=C(C)c2ccccc2-c2cc(C)c(C)c3cccc1c23. The summed E-state index contributed by atoms with van der Waals surface area (Å²) in [6, 6.07) is 18.0. The lowest BCUT2D eigenvalue weighted by molar-refractivity contribution is 1.24. The van der Waals surface area contributed by atoms with Crippen molar-refractivity contribution < 1.29 is 0 Å². The normalized spacial score (nSPS) is 13.2. The second-order valence-electron chi connectivity index (χ2n) is 6.60. The van der Waals surface area contributed by atoms with E-state index in [1.807, 2.05) is 0 Å². The quantitative estimate of drug-likeness (QED) is 0.464. The fourth-order valence-electron chi connectivity index (χ4n) is 4.09. The molecule has 0 spiro atoms. The molecule has 0 saturated heterocycles. The topological polar surface area (TPSA) is 0 Å². The van der Waals surface area contributed by atoms with Crippen LogP contribution >= 0.6 is 0 Å². The van der Waals surface area contributed by atoms with Gasteiger partial charge in [0.05, 0.1) is 0 Å². The summed E-state index contributed by atoms with van der Waals surface area (Å²) < 4.78 is 0. The molecule has 3 aromatic rings. The van der Waals surface area contributed by atoms with Crippen molar-refractivity contribution >= 4 is 21.9 Å². The second-order valence-corrected chi connectivity index (χ2v) is 6.60. The number of aryl methyl sites for hydroxylation is 2. The van der Waals surface area contributed by atoms with Crippen LogP contribution in [0.25, 0.3) is 33.0 Å². The maximum atomic E-state index is 2.38. The minimum atomic E-state index is 1.06. The van der Waals surface area contributed by atoms with Crippen LogP contribution in [0, 0.1) is 13.8 Å². The summed E-state index contributed by atoms with van der Waals surface area (Å²) in [5.41, 5.74) is 11.2. The molecule has 0 unspecified atom stereocenters. The molecule has 0 amide bonds. The molecule has 1 aliphatic carbocycles. The van der Waals surface area contributed by atoms with Crippen molar-refractivity contribution in [2.75, 3.05) is 0 Å². The minimum Gasteiger partial charge on any atom is -0.0616 e. The Morgan fingerprint density at radius 1 is 0.739 bits per heavy atom. The summed E-state index contributed by atoms with van der Waals surface area (Å²) in [6.07, 6.45) is 1.06. The first-order valence-corrected chi connectivity index (χ1v) is 8.46. The number of hydrogen-bond acceptors (Lipinski definition) is 0. The first-order valence-electron chi connectivity index (χ1n) is 8.46. The smallest absolute Gasteiger partial charge is 0.00269 e. The van der Waals surface area contributed by atoms with Crippen molar-refractivity contribution in [1.29, 1.82) is 0 Å². The number of allylic oxidation sites excluding steroid dienone is 2. The Bertz CT molecular complexity index is 971. The average molecular weight is 298 g/mol. The van der Waals surface area contributed by atoms with Crippen molar-refractivity contribution in [1.82, 2.24) is 0 Å². The van der Waals surface area contributed by atoms with Gasteiger partial charge in [0.1, 0.15) is 0 Å². The molecule has 0 radical (unpaired) electrons. The van der Waals surface area contributed by atoms with Crippen molar-refractivity contribution in [3.63, 3.8) is 0 Å². The fraction of sp³-hybridized carbons (Fsp3) is 0.217. The second kappa shape index (κ2) is 5.09. The van der Waals surface area contributed by atoms with Gasteiger partial charge in [0.15, 0.2) is 0 Å². The molecule has 0 nitrogen and oxygen atoms in total. The highest BCUT2D eigenvalue weighted by atomic mass is 14.2. The van der Waals surface area contributed by atoms with Gasteiger partial charge in [-0.25, -0.2) is 0 Å². The van der Waals surface area contributed by atoms with Gasteiger partial charge in [-0.15, -0.1) is 0 Å². The van der Waals surface area contributed by atoms with Crippen LogP contribution in [-0.4, -0.2) is 0 Å². The summed E-state index contributed by atoms with van der Waals surface area (Å²) in [4.78, 5) is 0. The molecular weight excluding hydrogens is 276 g/mol. The summed E-state index contributed by atoms with van der Waals surface area (Å²) in [5.74, 6) is 0. The largest absolute Gasteiger partial charge is 0.0616 e. The third-order valence-corrected chi connectivity index (χ3v) is 5.44. The van der Waals surface area contributed by atoms with Crippen LogP contribution in [0.5, 0.6) is 0 Å². The maximum absolute atomic E-state index is 2.38. The van der Waals surface area contributed by atoms with E-state index < -0.39 is 0 Å². The average Bonchev–Trinajstić information content (AvgIpc) is 2.67. The molecule has 0 N–H and O–H groups in total. The lowest BCUT2D eigenvalue weighted by atomic mass is 9.88. The van der Waals surface area contributed by atoms with Gasteiger partial charge in [0.2, 0.25) is 0 Å². The Morgan fingerprint density at radius 2 is 1.43 bits per heavy atom. The zero-order valence-corrected chi connectivity index (χ0v) is 14.3. The van der Waals surface area contributed by atoms with Gasteiger partial charge in [-0.05, 0) is 82.5 Å². The fourth-order valence-corrected chi connectivity index (χ4v) is 4.09. The van der Waals surface area contributed by atoms with Crippen LogP contribution < -0.4 is 0 Å². The van der Waals surface area contributed by atoms with Crippen molar-refractivity contribution in [3.8, 4) is 11.1 Å². The van der Waals surface area contributed by atoms with Crippen LogP contribution in [0.2, 0.25) is 0 Å². The first-order chi connectivity index (χ1) is 11.1. The summed E-state index contributed by atoms with van der Waals surface area (Å²) >= 11 is 0. The molecule has 0 saturated carbocycles. The molecule has 0 fully saturated rings. The van der Waals surface area contributed by atoms with Crippen LogP contribution in [-0.2, 0) is 0 Å². The number of rotatable bonds is 1. The standard InChI is InChI=1S/C23H22/c1-5-17-16(4)18-9-6-7-10-20(18)22-13-14(2)15(3)19-11-8-12-21(17)23(19)22/h6-13H,5H2,1-4H3. The highest BCUT2D eigenvalue weighted by Crippen LogP contribution is 2.45. The van der Waals surface area contributed by atoms with Crippen LogP contribution in [0.3, 0.4) is 0 Å². The molecule has 0 atom stereocenters. The van der Waals surface area contributed by atoms with Crippen LogP contribution in [0.15, 0.2) is 48.5 Å². The molecule has 4 rings (SSSR count). The highest BCUT2D eigenvalue weighted by Gasteiger charge is 2.21. The molecule has 3 aromatic carbocycles. The van der Waals surface area contributed by atoms with E-state index in [-0.39, 0.29) is 0 Å². The van der Waals surface area contributed by atoms with Crippen molar-refractivity contribution in [2.45, 2.75) is 34.1 Å². The molecule has 114 valence electrons. The lowest BCUT2D eigenvalue weighted by Crippen LogP contribution is -1.92. The number of fused-ring (bicyclic) bond motifs is 2. The maximum Gasteiger partial charge on any atom is -0.00269 e. The van der Waals surface area contributed by atoms with Gasteiger partial charge in [-0.1, -0.05) is 55.5 Å². The molecular formula is C23H22. The molecule has 0 heterocycles. The van der Waals surface area contributed by atoms with E-state index in [0.29, 0.717) is 0 Å². The van der Waals surface area contributed by atoms with Crippen molar-refractivity contribution in [3.05, 3.63) is 70.8 Å². The number of benzene rings is 3.